The van der Waals surface area contributed by atoms with Gasteiger partial charge in [0.2, 0.25) is 0 Å². The van der Waals surface area contributed by atoms with E-state index in [-0.39, 0.29) is 10.6 Å². The van der Waals surface area contributed by atoms with Gasteiger partial charge in [-0.3, -0.25) is 10.1 Å². The fraction of sp³-hybridized carbons (Fsp3) is 0.200. The van der Waals surface area contributed by atoms with Gasteiger partial charge < -0.3 is 5.32 Å². The molecule has 1 aliphatic heterocycles. The summed E-state index contributed by atoms with van der Waals surface area (Å²) in [6.45, 7) is 4.71. The molecule has 0 aliphatic carbocycles. The molecule has 96 valence electrons. The number of hydrogen-bond donors (Lipinski definition) is 1. The first-order valence-corrected chi connectivity index (χ1v) is 6.19. The van der Waals surface area contributed by atoms with E-state index in [0.29, 0.717) is 6.54 Å². The zero-order valence-corrected chi connectivity index (χ0v) is 10.9. The summed E-state index contributed by atoms with van der Waals surface area (Å²) in [6.07, 6.45) is 0. The van der Waals surface area contributed by atoms with Gasteiger partial charge in [0.05, 0.1) is 10.5 Å². The highest BCUT2D eigenvalue weighted by Crippen LogP contribution is 2.42. The standard InChI is InChI=1S/C15H14N2O2/c1-9-6-12-13(7-10(9)2)16-8-11-4-3-5-14(15(11)12)17(18)19/h3-7,16H,8H2,1-2H3. The fourth-order valence-electron chi connectivity index (χ4n) is 2.56. The normalized spacial score (nSPS) is 12.3. The van der Waals surface area contributed by atoms with Crippen molar-refractivity contribution in [2.24, 2.45) is 0 Å². The van der Waals surface area contributed by atoms with Crippen LogP contribution in [0, 0.1) is 24.0 Å². The molecule has 0 saturated heterocycles. The zero-order valence-electron chi connectivity index (χ0n) is 10.9. The first kappa shape index (κ1) is 11.7. The van der Waals surface area contributed by atoms with Gasteiger partial charge in [-0.15, -0.1) is 0 Å². The van der Waals surface area contributed by atoms with Crippen molar-refractivity contribution in [3.8, 4) is 11.1 Å². The molecule has 0 atom stereocenters. The summed E-state index contributed by atoms with van der Waals surface area (Å²) in [5, 5.41) is 14.6. The van der Waals surface area contributed by atoms with E-state index in [9.17, 15) is 10.1 Å². The van der Waals surface area contributed by atoms with E-state index in [1.54, 1.807) is 12.1 Å². The Morgan fingerprint density at radius 2 is 1.95 bits per heavy atom. The van der Waals surface area contributed by atoms with E-state index in [1.165, 1.54) is 5.56 Å². The molecule has 4 heteroatoms. The van der Waals surface area contributed by atoms with Crippen molar-refractivity contribution in [3.05, 3.63) is 57.1 Å². The maximum atomic E-state index is 11.2. The van der Waals surface area contributed by atoms with Crippen molar-refractivity contribution in [1.29, 1.82) is 0 Å². The number of nitrogens with one attached hydrogen (secondary N) is 1. The summed E-state index contributed by atoms with van der Waals surface area (Å²) in [7, 11) is 0. The average molecular weight is 254 g/mol. The van der Waals surface area contributed by atoms with Gasteiger partial charge in [0, 0.05) is 23.9 Å². The largest absolute Gasteiger partial charge is 0.380 e. The molecular weight excluding hydrogens is 240 g/mol. The number of rotatable bonds is 1. The van der Waals surface area contributed by atoms with E-state index in [2.05, 4.69) is 11.4 Å². The smallest absolute Gasteiger partial charge is 0.277 e. The lowest BCUT2D eigenvalue weighted by Crippen LogP contribution is -2.10. The molecule has 19 heavy (non-hydrogen) atoms. The third-order valence-electron chi connectivity index (χ3n) is 3.70. The van der Waals surface area contributed by atoms with Crippen molar-refractivity contribution < 1.29 is 4.92 Å². The van der Waals surface area contributed by atoms with Crippen molar-refractivity contribution in [2.45, 2.75) is 20.4 Å². The Morgan fingerprint density at radius 1 is 1.21 bits per heavy atom. The van der Waals surface area contributed by atoms with Crippen molar-refractivity contribution in [3.63, 3.8) is 0 Å². The lowest BCUT2D eigenvalue weighted by atomic mass is 9.90. The molecule has 1 aliphatic rings. The Kier molecular flexibility index (Phi) is 2.52. The monoisotopic (exact) mass is 254 g/mol. The van der Waals surface area contributed by atoms with Gasteiger partial charge in [0.1, 0.15) is 0 Å². The lowest BCUT2D eigenvalue weighted by Gasteiger charge is -2.22. The number of fused-ring (bicyclic) bond motifs is 3. The van der Waals surface area contributed by atoms with E-state index in [0.717, 1.165) is 27.9 Å². The average Bonchev–Trinajstić information content (AvgIpc) is 2.39. The topological polar surface area (TPSA) is 55.2 Å². The third-order valence-corrected chi connectivity index (χ3v) is 3.70. The SMILES string of the molecule is Cc1cc2c(cc1C)-c1c(cccc1[N+](=O)[O-])CN2. The van der Waals surface area contributed by atoms with Crippen LogP contribution in [0.25, 0.3) is 11.1 Å². The van der Waals surface area contributed by atoms with E-state index in [1.807, 2.05) is 26.0 Å². The highest BCUT2D eigenvalue weighted by molar-refractivity contribution is 5.89. The number of anilines is 1. The van der Waals surface area contributed by atoms with Gasteiger partial charge in [0.25, 0.3) is 5.69 Å². The van der Waals surface area contributed by atoms with Crippen LogP contribution in [0.4, 0.5) is 11.4 Å². The molecule has 2 aromatic carbocycles. The molecule has 0 unspecified atom stereocenters. The van der Waals surface area contributed by atoms with E-state index >= 15 is 0 Å². The van der Waals surface area contributed by atoms with Gasteiger partial charge in [-0.1, -0.05) is 12.1 Å². The summed E-state index contributed by atoms with van der Waals surface area (Å²) in [6, 6.07) is 9.34. The van der Waals surface area contributed by atoms with Gasteiger partial charge in [-0.2, -0.15) is 0 Å². The minimum Gasteiger partial charge on any atom is -0.380 e. The molecule has 0 aromatic heterocycles. The Labute approximate surface area is 111 Å². The number of hydrogen-bond acceptors (Lipinski definition) is 3. The highest BCUT2D eigenvalue weighted by atomic mass is 16.6. The molecule has 2 aromatic rings. The van der Waals surface area contributed by atoms with Crippen LogP contribution in [-0.2, 0) is 6.54 Å². The quantitative estimate of drug-likeness (QED) is 0.622. The number of nitro benzene ring substituents is 1. The van der Waals surface area contributed by atoms with Crippen molar-refractivity contribution in [1.82, 2.24) is 0 Å². The minimum atomic E-state index is -0.302. The molecule has 1 heterocycles. The van der Waals surface area contributed by atoms with E-state index < -0.39 is 0 Å². The van der Waals surface area contributed by atoms with Crippen LogP contribution in [0.15, 0.2) is 30.3 Å². The first-order valence-electron chi connectivity index (χ1n) is 6.19. The Morgan fingerprint density at radius 3 is 2.68 bits per heavy atom. The third kappa shape index (κ3) is 1.76. The second-order valence-corrected chi connectivity index (χ2v) is 4.90. The van der Waals surface area contributed by atoms with Crippen LogP contribution in [-0.4, -0.2) is 4.92 Å². The second kappa shape index (κ2) is 4.09. The molecule has 3 rings (SSSR count). The number of aryl methyl sites for hydroxylation is 2. The Bertz CT molecular complexity index is 693. The number of nitrogens with zero attached hydrogens (tertiary/aromatic N) is 1. The highest BCUT2D eigenvalue weighted by Gasteiger charge is 2.24. The molecule has 0 bridgehead atoms. The van der Waals surface area contributed by atoms with Gasteiger partial charge in [-0.25, -0.2) is 0 Å². The fourth-order valence-corrected chi connectivity index (χ4v) is 2.56. The molecular formula is C15H14N2O2. The summed E-state index contributed by atoms with van der Waals surface area (Å²) in [4.78, 5) is 10.9. The molecule has 4 nitrogen and oxygen atoms in total. The molecule has 0 spiro atoms. The van der Waals surface area contributed by atoms with Crippen molar-refractivity contribution in [2.75, 3.05) is 5.32 Å². The van der Waals surface area contributed by atoms with Crippen LogP contribution < -0.4 is 5.32 Å². The molecule has 0 radical (unpaired) electrons. The molecule has 0 amide bonds. The van der Waals surface area contributed by atoms with Crippen LogP contribution >= 0.6 is 0 Å². The minimum absolute atomic E-state index is 0.184. The lowest BCUT2D eigenvalue weighted by molar-refractivity contribution is -0.384. The van der Waals surface area contributed by atoms with Crippen molar-refractivity contribution >= 4 is 11.4 Å². The Hall–Kier alpha value is -2.36. The number of nitro groups is 1. The van der Waals surface area contributed by atoms with Crippen LogP contribution in [0.1, 0.15) is 16.7 Å². The molecule has 0 saturated carbocycles. The molecule has 1 N–H and O–H groups in total. The Balaban J connectivity index is 2.33. The zero-order chi connectivity index (χ0) is 13.6. The second-order valence-electron chi connectivity index (χ2n) is 4.90. The maximum Gasteiger partial charge on any atom is 0.277 e. The van der Waals surface area contributed by atoms with Gasteiger partial charge >= 0.3 is 0 Å². The summed E-state index contributed by atoms with van der Waals surface area (Å²) in [5.74, 6) is 0. The predicted octanol–water partition coefficient (Wildman–Crippen LogP) is 3.80. The van der Waals surface area contributed by atoms with E-state index in [4.69, 9.17) is 0 Å². The summed E-state index contributed by atoms with van der Waals surface area (Å²) < 4.78 is 0. The van der Waals surface area contributed by atoms with Crippen LogP contribution in [0.5, 0.6) is 0 Å². The van der Waals surface area contributed by atoms with Gasteiger partial charge in [-0.05, 0) is 42.7 Å². The summed E-state index contributed by atoms with van der Waals surface area (Å²) >= 11 is 0. The van der Waals surface area contributed by atoms with Crippen LogP contribution in [0.2, 0.25) is 0 Å². The van der Waals surface area contributed by atoms with Gasteiger partial charge in [0.15, 0.2) is 0 Å². The molecule has 0 fully saturated rings. The predicted molar refractivity (Wildman–Crippen MR) is 75.3 cm³/mol. The maximum absolute atomic E-state index is 11.2. The van der Waals surface area contributed by atoms with Crippen LogP contribution in [0.3, 0.4) is 0 Å². The number of benzene rings is 2. The summed E-state index contributed by atoms with van der Waals surface area (Å²) in [5.41, 5.74) is 6.15. The first-order chi connectivity index (χ1) is 9.08.